The molecule has 5 rings (SSSR count). The minimum Gasteiger partial charge on any atom is -0.481 e. The summed E-state index contributed by atoms with van der Waals surface area (Å²) >= 11 is 0. The van der Waals surface area contributed by atoms with E-state index in [2.05, 4.69) is 45.8 Å². The van der Waals surface area contributed by atoms with Gasteiger partial charge in [-0.1, -0.05) is 0 Å². The van der Waals surface area contributed by atoms with Crippen LogP contribution in [-0.2, 0) is 24.1 Å². The Bertz CT molecular complexity index is 1110. The Morgan fingerprint density at radius 3 is 2.70 bits per heavy atom. The van der Waals surface area contributed by atoms with Crippen LogP contribution in [-0.4, -0.2) is 57.0 Å². The zero-order valence-corrected chi connectivity index (χ0v) is 20.0. The second-order valence-corrected chi connectivity index (χ2v) is 9.57. The average molecular weight is 451 g/mol. The molecule has 0 bridgehead atoms. The molecule has 1 fully saturated rings. The lowest BCUT2D eigenvalue weighted by molar-refractivity contribution is 0.145. The second-order valence-electron chi connectivity index (χ2n) is 9.57. The van der Waals surface area contributed by atoms with E-state index < -0.39 is 0 Å². The molecule has 33 heavy (non-hydrogen) atoms. The van der Waals surface area contributed by atoms with Gasteiger partial charge in [-0.2, -0.15) is 10.2 Å². The van der Waals surface area contributed by atoms with Gasteiger partial charge in [-0.3, -0.25) is 4.68 Å². The van der Waals surface area contributed by atoms with Crippen molar-refractivity contribution in [3.05, 3.63) is 41.5 Å². The summed E-state index contributed by atoms with van der Waals surface area (Å²) in [4.78, 5) is 4.48. The summed E-state index contributed by atoms with van der Waals surface area (Å²) in [7, 11) is 1.65. The molecule has 0 radical (unpaired) electrons. The number of aryl methyl sites for hydroxylation is 1. The number of hydrogen-bond acceptors (Lipinski definition) is 6. The number of nitrogens with zero attached hydrogens (tertiary/aromatic N) is 5. The van der Waals surface area contributed by atoms with Gasteiger partial charge in [0.05, 0.1) is 44.1 Å². The molecule has 0 spiro atoms. The van der Waals surface area contributed by atoms with Gasteiger partial charge in [-0.25, -0.2) is 9.67 Å². The van der Waals surface area contributed by atoms with Gasteiger partial charge < -0.3 is 14.8 Å². The summed E-state index contributed by atoms with van der Waals surface area (Å²) in [6.07, 6.45) is 9.97. The molecule has 3 atom stereocenters. The predicted octanol–water partition coefficient (Wildman–Crippen LogP) is 3.34. The third-order valence-electron chi connectivity index (χ3n) is 6.82. The lowest BCUT2D eigenvalue weighted by Gasteiger charge is -2.32. The first-order valence-electron chi connectivity index (χ1n) is 12.0. The van der Waals surface area contributed by atoms with E-state index in [0.29, 0.717) is 37.1 Å². The van der Waals surface area contributed by atoms with Gasteiger partial charge in [-0.05, 0) is 52.0 Å². The van der Waals surface area contributed by atoms with Gasteiger partial charge in [0.2, 0.25) is 5.88 Å². The van der Waals surface area contributed by atoms with Gasteiger partial charge >= 0.3 is 0 Å². The normalized spacial score (nSPS) is 23.2. The molecule has 8 heteroatoms. The van der Waals surface area contributed by atoms with Crippen LogP contribution in [0.15, 0.2) is 24.7 Å². The van der Waals surface area contributed by atoms with Crippen molar-refractivity contribution >= 4 is 0 Å². The number of hydrogen-bond donors (Lipinski definition) is 1. The van der Waals surface area contributed by atoms with Crippen molar-refractivity contribution in [2.75, 3.05) is 20.3 Å². The first kappa shape index (κ1) is 22.1. The van der Waals surface area contributed by atoms with Crippen molar-refractivity contribution in [3.8, 4) is 22.8 Å². The third-order valence-corrected chi connectivity index (χ3v) is 6.82. The minimum atomic E-state index is 0.555. The molecule has 0 amide bonds. The van der Waals surface area contributed by atoms with Crippen LogP contribution in [0.2, 0.25) is 0 Å². The highest BCUT2D eigenvalue weighted by Gasteiger charge is 2.25. The molecule has 2 aliphatic heterocycles. The molecule has 0 aromatic carbocycles. The molecule has 3 aromatic rings. The topological polar surface area (TPSA) is 79.0 Å². The molecule has 1 saturated heterocycles. The number of aromatic nitrogens is 5. The molecule has 8 nitrogen and oxygen atoms in total. The standard InChI is InChI=1S/C25H34N6O2/c1-16-9-20(12-26-25(16)32-4)24-22-5-7-33-8-6-23(22)31(29-24)21-13-27-30(15-21)14-19-10-17(2)28-18(3)11-19/h9,12-13,15,17-19,28H,5-8,10-11,14H2,1-4H3/t17-,18+,19?. The Morgan fingerprint density at radius 2 is 1.94 bits per heavy atom. The molecular weight excluding hydrogens is 416 g/mol. The predicted molar refractivity (Wildman–Crippen MR) is 127 cm³/mol. The minimum absolute atomic E-state index is 0.555. The number of nitrogens with one attached hydrogen (secondary N) is 1. The van der Waals surface area contributed by atoms with Crippen molar-refractivity contribution in [1.82, 2.24) is 29.9 Å². The summed E-state index contributed by atoms with van der Waals surface area (Å²) in [5.74, 6) is 1.28. The fourth-order valence-electron chi connectivity index (χ4n) is 5.49. The SMILES string of the molecule is COc1ncc(-c2nn(-c3cnn(CC4C[C@@H](C)N[C@@H](C)C4)c3)c3c2CCOCC3)cc1C. The maximum Gasteiger partial charge on any atom is 0.215 e. The Hall–Kier alpha value is -2.71. The Labute approximate surface area is 195 Å². The monoisotopic (exact) mass is 450 g/mol. The van der Waals surface area contributed by atoms with E-state index in [9.17, 15) is 0 Å². The quantitative estimate of drug-likeness (QED) is 0.642. The van der Waals surface area contributed by atoms with Gasteiger partial charge in [0.15, 0.2) is 0 Å². The van der Waals surface area contributed by atoms with Crippen LogP contribution in [0, 0.1) is 12.8 Å². The van der Waals surface area contributed by atoms with Crippen LogP contribution < -0.4 is 10.1 Å². The lowest BCUT2D eigenvalue weighted by atomic mass is 9.89. The average Bonchev–Trinajstić information content (AvgIpc) is 3.29. The number of fused-ring (bicyclic) bond motifs is 1. The van der Waals surface area contributed by atoms with Crippen molar-refractivity contribution in [2.45, 2.75) is 65.1 Å². The van der Waals surface area contributed by atoms with Gasteiger partial charge in [0, 0.05) is 47.9 Å². The van der Waals surface area contributed by atoms with Gasteiger partial charge in [-0.15, -0.1) is 0 Å². The number of piperidine rings is 1. The van der Waals surface area contributed by atoms with Gasteiger partial charge in [0.25, 0.3) is 0 Å². The van der Waals surface area contributed by atoms with E-state index in [4.69, 9.17) is 19.7 Å². The van der Waals surface area contributed by atoms with Crippen LogP contribution in [0.25, 0.3) is 16.9 Å². The Balaban J connectivity index is 1.47. The highest BCUT2D eigenvalue weighted by molar-refractivity contribution is 5.65. The Morgan fingerprint density at radius 1 is 1.15 bits per heavy atom. The summed E-state index contributed by atoms with van der Waals surface area (Å²) in [6.45, 7) is 8.92. The molecule has 176 valence electrons. The number of pyridine rings is 1. The zero-order valence-electron chi connectivity index (χ0n) is 20.0. The van der Waals surface area contributed by atoms with E-state index >= 15 is 0 Å². The van der Waals surface area contributed by atoms with Crippen LogP contribution in [0.1, 0.15) is 43.5 Å². The molecule has 0 aliphatic carbocycles. The summed E-state index contributed by atoms with van der Waals surface area (Å²) < 4.78 is 15.3. The Kier molecular flexibility index (Phi) is 6.21. The van der Waals surface area contributed by atoms with Crippen molar-refractivity contribution < 1.29 is 9.47 Å². The van der Waals surface area contributed by atoms with Crippen LogP contribution in [0.5, 0.6) is 5.88 Å². The molecule has 2 aliphatic rings. The maximum absolute atomic E-state index is 5.80. The first-order valence-corrected chi connectivity index (χ1v) is 12.0. The molecule has 0 saturated carbocycles. The smallest absolute Gasteiger partial charge is 0.215 e. The van der Waals surface area contributed by atoms with Crippen LogP contribution in [0.4, 0.5) is 0 Å². The summed E-state index contributed by atoms with van der Waals surface area (Å²) in [6, 6.07) is 3.22. The van der Waals surface area contributed by atoms with E-state index in [0.717, 1.165) is 41.9 Å². The van der Waals surface area contributed by atoms with E-state index in [1.54, 1.807) is 7.11 Å². The van der Waals surface area contributed by atoms with Crippen molar-refractivity contribution in [3.63, 3.8) is 0 Å². The van der Waals surface area contributed by atoms with E-state index in [-0.39, 0.29) is 0 Å². The molecule has 1 unspecified atom stereocenters. The molecule has 3 aromatic heterocycles. The van der Waals surface area contributed by atoms with Crippen molar-refractivity contribution in [1.29, 1.82) is 0 Å². The lowest BCUT2D eigenvalue weighted by Crippen LogP contribution is -2.43. The van der Waals surface area contributed by atoms with Crippen LogP contribution in [0.3, 0.4) is 0 Å². The molecule has 1 N–H and O–H groups in total. The number of methoxy groups -OCH3 is 1. The van der Waals surface area contributed by atoms with E-state index in [1.807, 2.05) is 19.3 Å². The fourth-order valence-corrected chi connectivity index (χ4v) is 5.49. The number of rotatable bonds is 5. The highest BCUT2D eigenvalue weighted by Crippen LogP contribution is 2.31. The fraction of sp³-hybridized carbons (Fsp3) is 0.560. The third kappa shape index (κ3) is 4.54. The van der Waals surface area contributed by atoms with Crippen molar-refractivity contribution in [2.24, 2.45) is 5.92 Å². The highest BCUT2D eigenvalue weighted by atomic mass is 16.5. The largest absolute Gasteiger partial charge is 0.481 e. The zero-order chi connectivity index (χ0) is 22.9. The first-order chi connectivity index (χ1) is 16.0. The summed E-state index contributed by atoms with van der Waals surface area (Å²) in [5.41, 5.74) is 6.44. The van der Waals surface area contributed by atoms with Crippen LogP contribution >= 0.6 is 0 Å². The van der Waals surface area contributed by atoms with E-state index in [1.165, 1.54) is 24.1 Å². The summed E-state index contributed by atoms with van der Waals surface area (Å²) in [5, 5.41) is 13.4. The molecular formula is C25H34N6O2. The van der Waals surface area contributed by atoms with Gasteiger partial charge in [0.1, 0.15) is 5.69 Å². The maximum atomic E-state index is 5.80. The second kappa shape index (κ2) is 9.27. The number of ether oxygens (including phenoxy) is 2. The molecule has 5 heterocycles.